The summed E-state index contributed by atoms with van der Waals surface area (Å²) >= 11 is 0. The number of rotatable bonds is 3. The summed E-state index contributed by atoms with van der Waals surface area (Å²) in [6.07, 6.45) is 10.3. The van der Waals surface area contributed by atoms with Crippen LogP contribution in [0.3, 0.4) is 0 Å². The second-order valence-corrected chi connectivity index (χ2v) is 5.99. The molecule has 3 aromatic heterocycles. The van der Waals surface area contributed by atoms with Crippen LogP contribution in [0.15, 0.2) is 91.5 Å². The van der Waals surface area contributed by atoms with Gasteiger partial charge in [0, 0.05) is 32.0 Å². The van der Waals surface area contributed by atoms with Crippen LogP contribution in [-0.2, 0) is 28.1 Å². The van der Waals surface area contributed by atoms with E-state index in [-0.39, 0.29) is 21.1 Å². The molecule has 29 heavy (non-hydrogen) atoms. The third kappa shape index (κ3) is 4.98. The van der Waals surface area contributed by atoms with Gasteiger partial charge in [-0.25, -0.2) is 5.10 Å². The molecule has 0 aliphatic heterocycles. The van der Waals surface area contributed by atoms with Crippen LogP contribution in [-0.4, -0.2) is 29.1 Å². The van der Waals surface area contributed by atoms with Crippen molar-refractivity contribution in [3.63, 3.8) is 0 Å². The van der Waals surface area contributed by atoms with E-state index in [0.717, 1.165) is 22.8 Å². The number of para-hydroxylation sites is 1. The third-order valence-corrected chi connectivity index (χ3v) is 4.03. The van der Waals surface area contributed by atoms with Gasteiger partial charge in [0.15, 0.2) is 0 Å². The fourth-order valence-corrected chi connectivity index (χ4v) is 2.71. The smallest absolute Gasteiger partial charge is 0.410 e. The molecule has 0 aliphatic rings. The van der Waals surface area contributed by atoms with E-state index in [1.807, 2.05) is 90.7 Å². The van der Waals surface area contributed by atoms with Gasteiger partial charge in [0.25, 0.3) is 0 Å². The van der Waals surface area contributed by atoms with Crippen LogP contribution >= 0.6 is 0 Å². The summed E-state index contributed by atoms with van der Waals surface area (Å²) in [6, 6.07) is 24.7. The molecule has 0 saturated heterocycles. The van der Waals surface area contributed by atoms with Crippen LogP contribution in [0.5, 0.6) is 0 Å². The number of hydrogen-bond donors (Lipinski definition) is 0. The zero-order valence-corrected chi connectivity index (χ0v) is 17.9. The molecule has 6 nitrogen and oxygen atoms in total. The fraction of sp³-hybridized carbons (Fsp3) is 0.0455. The van der Waals surface area contributed by atoms with Crippen molar-refractivity contribution >= 4 is 0 Å². The van der Waals surface area contributed by atoms with Crippen molar-refractivity contribution in [2.24, 2.45) is 7.05 Å². The molecular formula is C22H18N6Pt. The van der Waals surface area contributed by atoms with Gasteiger partial charge in [-0.1, -0.05) is 47.8 Å². The summed E-state index contributed by atoms with van der Waals surface area (Å²) in [4.78, 5) is 4.07. The minimum Gasteiger partial charge on any atom is -0.410 e. The van der Waals surface area contributed by atoms with Crippen molar-refractivity contribution in [1.29, 1.82) is 0 Å². The number of hydrogen-bond acceptors (Lipinski definition) is 3. The second-order valence-electron chi connectivity index (χ2n) is 5.99. The molecule has 5 rings (SSSR count). The van der Waals surface area contributed by atoms with Crippen LogP contribution in [0.2, 0.25) is 0 Å². The molecule has 0 unspecified atom stereocenters. The van der Waals surface area contributed by atoms with E-state index in [4.69, 9.17) is 0 Å². The van der Waals surface area contributed by atoms with Gasteiger partial charge < -0.3 is 9.55 Å². The number of imidazole rings is 1. The van der Waals surface area contributed by atoms with Crippen molar-refractivity contribution in [1.82, 2.24) is 29.1 Å². The normalized spacial score (nSPS) is 9.97. The average Bonchev–Trinajstić information content (AvgIpc) is 3.51. The van der Waals surface area contributed by atoms with Gasteiger partial charge in [0.1, 0.15) is 0 Å². The summed E-state index contributed by atoms with van der Waals surface area (Å²) in [5, 5.41) is 8.42. The Morgan fingerprint density at radius 2 is 1.72 bits per heavy atom. The van der Waals surface area contributed by atoms with Gasteiger partial charge in [-0.15, -0.1) is 6.07 Å². The summed E-state index contributed by atoms with van der Waals surface area (Å²) in [5.41, 5.74) is 3.06. The van der Waals surface area contributed by atoms with E-state index in [9.17, 15) is 0 Å². The number of benzene rings is 2. The van der Waals surface area contributed by atoms with E-state index in [1.54, 1.807) is 21.8 Å². The molecule has 0 fully saturated rings. The van der Waals surface area contributed by atoms with E-state index >= 15 is 0 Å². The minimum atomic E-state index is 0. The number of aromatic nitrogens is 6. The van der Waals surface area contributed by atoms with E-state index in [2.05, 4.69) is 27.6 Å². The van der Waals surface area contributed by atoms with Crippen LogP contribution in [0.4, 0.5) is 0 Å². The molecule has 0 aliphatic carbocycles. The molecule has 5 aromatic rings. The third-order valence-electron chi connectivity index (χ3n) is 4.03. The van der Waals surface area contributed by atoms with E-state index in [1.165, 1.54) is 0 Å². The Morgan fingerprint density at radius 1 is 0.897 bits per heavy atom. The predicted molar refractivity (Wildman–Crippen MR) is 107 cm³/mol. The maximum atomic E-state index is 4.35. The van der Waals surface area contributed by atoms with E-state index in [0.29, 0.717) is 0 Å². The van der Waals surface area contributed by atoms with Crippen molar-refractivity contribution < 1.29 is 21.1 Å². The maximum Gasteiger partial charge on any atom is 2.00 e. The standard InChI is InChI=1S/C13H11N4.C9H7N2.Pt/c1-16-8-7-13(15-16)17-10-14-9-12(17)11-5-3-2-4-6-11;1-2-5-9(6-3-1)11-8-4-7-10-11;/h2-9H,1H3;1-5,7-8H;/q2*-1;+2. The molecule has 0 atom stereocenters. The fourth-order valence-electron chi connectivity index (χ4n) is 2.71. The molecule has 0 amide bonds. The van der Waals surface area contributed by atoms with Gasteiger partial charge in [0.05, 0.1) is 5.82 Å². The summed E-state index contributed by atoms with van der Waals surface area (Å²) in [5.74, 6) is 0.823. The largest absolute Gasteiger partial charge is 2.00 e. The van der Waals surface area contributed by atoms with Crippen LogP contribution in [0.25, 0.3) is 22.8 Å². The summed E-state index contributed by atoms with van der Waals surface area (Å²) in [6.45, 7) is 0. The Bertz CT molecular complexity index is 1110. The zero-order valence-electron chi connectivity index (χ0n) is 15.7. The van der Waals surface area contributed by atoms with Crippen LogP contribution in [0, 0.1) is 12.4 Å². The molecule has 0 saturated carbocycles. The Labute approximate surface area is 183 Å². The first-order chi connectivity index (χ1) is 13.8. The molecule has 0 N–H and O–H groups in total. The zero-order chi connectivity index (χ0) is 19.2. The molecule has 3 heterocycles. The first-order valence-corrected chi connectivity index (χ1v) is 8.79. The monoisotopic (exact) mass is 561 g/mol. The Kier molecular flexibility index (Phi) is 6.93. The topological polar surface area (TPSA) is 53.5 Å². The Morgan fingerprint density at radius 3 is 2.38 bits per heavy atom. The first kappa shape index (κ1) is 20.5. The van der Waals surface area contributed by atoms with Gasteiger partial charge in [-0.05, 0) is 17.8 Å². The van der Waals surface area contributed by atoms with Crippen molar-refractivity contribution in [3.8, 4) is 22.8 Å². The summed E-state index contributed by atoms with van der Waals surface area (Å²) in [7, 11) is 1.89. The molecule has 146 valence electrons. The SMILES string of the molecule is Cn1ccc(-n2[c-]ncc2-c2ccccc2)n1.[Pt+2].[c-]1ccccc1-n1cccn1. The minimum absolute atomic E-state index is 0. The molecule has 0 bridgehead atoms. The van der Waals surface area contributed by atoms with Gasteiger partial charge in [0.2, 0.25) is 0 Å². The van der Waals surface area contributed by atoms with Crippen molar-refractivity contribution in [2.75, 3.05) is 0 Å². The molecule has 2 aromatic carbocycles. The van der Waals surface area contributed by atoms with Crippen molar-refractivity contribution in [2.45, 2.75) is 0 Å². The molecule has 7 heteroatoms. The van der Waals surface area contributed by atoms with Gasteiger partial charge >= 0.3 is 21.1 Å². The predicted octanol–water partition coefficient (Wildman–Crippen LogP) is 3.74. The van der Waals surface area contributed by atoms with E-state index < -0.39 is 0 Å². The van der Waals surface area contributed by atoms with Crippen LogP contribution in [0.1, 0.15) is 0 Å². The average molecular weight is 562 g/mol. The molecule has 0 radical (unpaired) electrons. The summed E-state index contributed by atoms with van der Waals surface area (Å²) < 4.78 is 5.40. The Hall–Kier alpha value is -3.24. The van der Waals surface area contributed by atoms with Crippen LogP contribution < -0.4 is 0 Å². The quantitative estimate of drug-likeness (QED) is 0.316. The second kappa shape index (κ2) is 9.80. The number of nitrogens with zero attached hydrogens (tertiary/aromatic N) is 6. The number of aryl methyl sites for hydroxylation is 1. The first-order valence-electron chi connectivity index (χ1n) is 8.79. The van der Waals surface area contributed by atoms with Gasteiger partial charge in [-0.2, -0.15) is 29.4 Å². The maximum absolute atomic E-state index is 4.35. The Balaban J connectivity index is 0.000000174. The molecule has 0 spiro atoms. The van der Waals surface area contributed by atoms with Gasteiger partial charge in [-0.3, -0.25) is 9.36 Å². The van der Waals surface area contributed by atoms with Crippen molar-refractivity contribution in [3.05, 3.63) is 104 Å². The molecular weight excluding hydrogens is 543 g/mol.